The van der Waals surface area contributed by atoms with Crippen LogP contribution in [0.25, 0.3) is 22.4 Å². The van der Waals surface area contributed by atoms with Crippen molar-refractivity contribution in [3.05, 3.63) is 90.9 Å². The quantitative estimate of drug-likeness (QED) is 0.315. The van der Waals surface area contributed by atoms with Gasteiger partial charge in [0, 0.05) is 28.2 Å². The van der Waals surface area contributed by atoms with E-state index < -0.39 is 11.6 Å². The number of para-hydroxylation sites is 1. The Morgan fingerprint density at radius 1 is 1.08 bits per heavy atom. The van der Waals surface area contributed by atoms with Crippen LogP contribution in [0.3, 0.4) is 0 Å². The largest absolute Gasteiger partial charge is 0.345 e. The van der Waals surface area contributed by atoms with Crippen molar-refractivity contribution >= 4 is 29.3 Å². The summed E-state index contributed by atoms with van der Waals surface area (Å²) < 4.78 is 0. The van der Waals surface area contributed by atoms with E-state index in [0.29, 0.717) is 12.3 Å². The van der Waals surface area contributed by atoms with Gasteiger partial charge in [0.15, 0.2) is 0 Å². The Morgan fingerprint density at radius 2 is 1.79 bits per heavy atom. The Bertz CT molecular complexity index is 1430. The van der Waals surface area contributed by atoms with Crippen LogP contribution in [-0.2, 0) is 16.1 Å². The van der Waals surface area contributed by atoms with E-state index in [4.69, 9.17) is 5.73 Å². The fourth-order valence-electron chi connectivity index (χ4n) is 4.62. The third kappa shape index (κ3) is 5.82. The molecule has 4 N–H and O–H groups in total. The lowest BCUT2D eigenvalue weighted by molar-refractivity contribution is -0.127. The van der Waals surface area contributed by atoms with Gasteiger partial charge in [-0.1, -0.05) is 60.7 Å². The minimum absolute atomic E-state index is 0.126. The molecular weight excluding hydrogens is 494 g/mol. The second kappa shape index (κ2) is 10.8. The van der Waals surface area contributed by atoms with Gasteiger partial charge in [0.1, 0.15) is 6.04 Å². The molecule has 1 aromatic heterocycles. The van der Waals surface area contributed by atoms with Gasteiger partial charge in [0.05, 0.1) is 30.5 Å². The zero-order valence-corrected chi connectivity index (χ0v) is 22.3. The van der Waals surface area contributed by atoms with E-state index in [1.807, 2.05) is 42.6 Å². The van der Waals surface area contributed by atoms with Crippen molar-refractivity contribution in [2.45, 2.75) is 43.3 Å². The number of benzene rings is 3. The van der Waals surface area contributed by atoms with Crippen LogP contribution < -0.4 is 16.0 Å². The van der Waals surface area contributed by atoms with Crippen LogP contribution in [-0.4, -0.2) is 39.1 Å². The molecule has 4 aromatic rings. The molecule has 0 spiro atoms. The molecule has 0 radical (unpaired) electrons. The van der Waals surface area contributed by atoms with Crippen molar-refractivity contribution in [1.82, 2.24) is 15.3 Å². The summed E-state index contributed by atoms with van der Waals surface area (Å²) in [6.45, 7) is 4.00. The number of H-pyrrole nitrogens is 1. The molecule has 1 aliphatic rings. The van der Waals surface area contributed by atoms with Crippen LogP contribution in [0.5, 0.6) is 0 Å². The molecule has 0 fully saturated rings. The zero-order valence-electron chi connectivity index (χ0n) is 21.5. The Hall–Kier alpha value is -3.88. The number of carbonyl (C=O) groups excluding carboxylic acids is 2. The number of rotatable bonds is 7. The Kier molecular flexibility index (Phi) is 7.35. The highest BCUT2D eigenvalue weighted by molar-refractivity contribution is 7.99. The molecule has 1 aliphatic heterocycles. The van der Waals surface area contributed by atoms with Gasteiger partial charge in [-0.05, 0) is 42.7 Å². The number of amides is 2. The van der Waals surface area contributed by atoms with Crippen molar-refractivity contribution in [2.24, 2.45) is 5.73 Å². The van der Waals surface area contributed by atoms with Crippen LogP contribution >= 0.6 is 11.8 Å². The maximum absolute atomic E-state index is 13.7. The number of hydrogen-bond acceptors (Lipinski definition) is 5. The number of aromatic amines is 1. The molecular formula is C30H31N5O2S. The summed E-state index contributed by atoms with van der Waals surface area (Å²) in [5, 5.41) is 2.93. The molecule has 0 saturated heterocycles. The smallest absolute Gasteiger partial charge is 0.250 e. The molecule has 2 amide bonds. The molecule has 0 aliphatic carbocycles. The van der Waals surface area contributed by atoms with E-state index in [1.165, 1.54) is 0 Å². The molecule has 8 heteroatoms. The molecule has 0 bridgehead atoms. The van der Waals surface area contributed by atoms with Crippen LogP contribution in [0.15, 0.2) is 90.2 Å². The maximum atomic E-state index is 13.7. The van der Waals surface area contributed by atoms with Crippen molar-refractivity contribution < 1.29 is 9.59 Å². The highest BCUT2D eigenvalue weighted by atomic mass is 32.2. The minimum Gasteiger partial charge on any atom is -0.345 e. The highest BCUT2D eigenvalue weighted by Crippen LogP contribution is 2.36. The number of nitrogens with two attached hydrogens (primary N) is 1. The summed E-state index contributed by atoms with van der Waals surface area (Å²) in [4.78, 5) is 36.5. The summed E-state index contributed by atoms with van der Waals surface area (Å²) in [6, 6.07) is 23.7. The predicted molar refractivity (Wildman–Crippen MR) is 153 cm³/mol. The van der Waals surface area contributed by atoms with Gasteiger partial charge in [-0.25, -0.2) is 4.98 Å². The molecule has 3 aromatic carbocycles. The van der Waals surface area contributed by atoms with Gasteiger partial charge in [-0.3, -0.25) is 9.59 Å². The first kappa shape index (κ1) is 25.8. The van der Waals surface area contributed by atoms with Crippen molar-refractivity contribution in [3.63, 3.8) is 0 Å². The summed E-state index contributed by atoms with van der Waals surface area (Å²) in [7, 11) is 0. The second-order valence-electron chi connectivity index (χ2n) is 10.2. The van der Waals surface area contributed by atoms with Crippen LogP contribution in [0.1, 0.15) is 25.8 Å². The van der Waals surface area contributed by atoms with E-state index >= 15 is 0 Å². The number of nitrogens with zero attached hydrogens (tertiary/aromatic N) is 2. The third-order valence-electron chi connectivity index (χ3n) is 6.40. The number of anilines is 1. The van der Waals surface area contributed by atoms with Gasteiger partial charge >= 0.3 is 0 Å². The molecule has 0 unspecified atom stereocenters. The molecule has 1 atom stereocenters. The van der Waals surface area contributed by atoms with Gasteiger partial charge in [-0.2, -0.15) is 0 Å². The first-order valence-corrected chi connectivity index (χ1v) is 13.6. The van der Waals surface area contributed by atoms with Gasteiger partial charge in [-0.15, -0.1) is 11.8 Å². The summed E-state index contributed by atoms with van der Waals surface area (Å²) in [5.41, 5.74) is 11.4. The average molecular weight is 526 g/mol. The third-order valence-corrected chi connectivity index (χ3v) is 7.55. The number of thioether (sulfide) groups is 1. The topological polar surface area (TPSA) is 104 Å². The normalized spacial score (nSPS) is 15.6. The average Bonchev–Trinajstić information content (AvgIpc) is 3.40. The number of aromatic nitrogens is 2. The monoisotopic (exact) mass is 525 g/mol. The van der Waals surface area contributed by atoms with E-state index in [9.17, 15) is 9.59 Å². The highest BCUT2D eigenvalue weighted by Gasteiger charge is 2.32. The van der Waals surface area contributed by atoms with E-state index in [2.05, 4.69) is 51.7 Å². The van der Waals surface area contributed by atoms with Gasteiger partial charge in [0.2, 0.25) is 5.91 Å². The summed E-state index contributed by atoms with van der Waals surface area (Å²) >= 11 is 1.58. The SMILES string of the molecule is CC(C)(N)CC(=O)N[C@@H]1CSc2ccccc2N(Cc2ccc(-c3ccccc3-c3cnc[nH]3)cc2)C1=O. The molecule has 5 rings (SSSR count). The van der Waals surface area contributed by atoms with Crippen molar-refractivity contribution in [1.29, 1.82) is 0 Å². The Labute approximate surface area is 226 Å². The van der Waals surface area contributed by atoms with E-state index in [0.717, 1.165) is 38.5 Å². The molecule has 7 nitrogen and oxygen atoms in total. The molecule has 0 saturated carbocycles. The lowest BCUT2D eigenvalue weighted by Gasteiger charge is -2.27. The van der Waals surface area contributed by atoms with Crippen LogP contribution in [0.4, 0.5) is 5.69 Å². The predicted octanol–water partition coefficient (Wildman–Crippen LogP) is 4.99. The number of nitrogens with one attached hydrogen (secondary N) is 2. The summed E-state index contributed by atoms with van der Waals surface area (Å²) in [5.74, 6) is 0.119. The number of imidazole rings is 1. The van der Waals surface area contributed by atoms with Crippen LogP contribution in [0, 0.1) is 0 Å². The lowest BCUT2D eigenvalue weighted by atomic mass is 9.97. The lowest BCUT2D eigenvalue weighted by Crippen LogP contribution is -2.51. The second-order valence-corrected chi connectivity index (χ2v) is 11.3. The maximum Gasteiger partial charge on any atom is 0.250 e. The van der Waals surface area contributed by atoms with E-state index in [1.54, 1.807) is 36.8 Å². The van der Waals surface area contributed by atoms with Crippen molar-refractivity contribution in [2.75, 3.05) is 10.7 Å². The van der Waals surface area contributed by atoms with Gasteiger partial charge < -0.3 is 20.9 Å². The fraction of sp³-hybridized carbons (Fsp3) is 0.233. The fourth-order valence-corrected chi connectivity index (χ4v) is 5.70. The Balaban J connectivity index is 1.40. The molecule has 2 heterocycles. The van der Waals surface area contributed by atoms with Gasteiger partial charge in [0.25, 0.3) is 5.91 Å². The Morgan fingerprint density at radius 3 is 2.50 bits per heavy atom. The number of hydrogen-bond donors (Lipinski definition) is 3. The number of carbonyl (C=O) groups is 2. The zero-order chi connectivity index (χ0) is 26.7. The van der Waals surface area contributed by atoms with Crippen molar-refractivity contribution in [3.8, 4) is 22.4 Å². The van der Waals surface area contributed by atoms with Crippen LogP contribution in [0.2, 0.25) is 0 Å². The first-order chi connectivity index (χ1) is 18.3. The molecule has 194 valence electrons. The first-order valence-electron chi connectivity index (χ1n) is 12.6. The number of fused-ring (bicyclic) bond motifs is 1. The minimum atomic E-state index is -0.647. The van der Waals surface area contributed by atoms with E-state index in [-0.39, 0.29) is 18.2 Å². The summed E-state index contributed by atoms with van der Waals surface area (Å²) in [6.07, 6.45) is 3.64. The molecule has 38 heavy (non-hydrogen) atoms. The standard InChI is InChI=1S/C30H31N5O2S/c1-30(2,31)15-28(36)34-25-18-38-27-10-6-5-9-26(27)35(29(25)37)17-20-11-13-21(14-12-20)22-7-3-4-8-23(22)24-16-32-19-33-24/h3-14,16,19,25H,15,17-18,31H2,1-2H3,(H,32,33)(H,34,36)/t25-/m1/s1.